The number of ether oxygens (including phenoxy) is 2. The molecule has 0 aliphatic heterocycles. The van der Waals surface area contributed by atoms with Crippen molar-refractivity contribution in [2.75, 3.05) is 25.2 Å². The zero-order valence-electron chi connectivity index (χ0n) is 19.4. The van der Waals surface area contributed by atoms with E-state index in [9.17, 15) is 4.79 Å². The van der Waals surface area contributed by atoms with Gasteiger partial charge in [-0.1, -0.05) is 72.8 Å². The molecular weight excluding hydrogens is 444 g/mol. The maximum atomic E-state index is 11.4. The van der Waals surface area contributed by atoms with Crippen LogP contribution in [-0.2, 0) is 16.0 Å². The molecule has 34 heavy (non-hydrogen) atoms. The Morgan fingerprint density at radius 3 is 2.29 bits per heavy atom. The number of carbonyl (C=O) groups is 1. The summed E-state index contributed by atoms with van der Waals surface area (Å²) in [5.74, 6) is 2.79. The standard InChI is InChI=1S/C29H30O4S/c1-31-28(30)21-32-27-16-8-15-26-24(20-33-29(26)27)14-9-18-34-19-17-25(22-10-4-2-5-11-22)23-12-6-3-7-13-23/h2-8,10-13,15-16,20,25H,9,14,17-19,21H2,1H3. The van der Waals surface area contributed by atoms with Crippen LogP contribution < -0.4 is 4.74 Å². The molecule has 0 saturated carbocycles. The summed E-state index contributed by atoms with van der Waals surface area (Å²) in [4.78, 5) is 11.4. The largest absolute Gasteiger partial charge is 0.478 e. The topological polar surface area (TPSA) is 48.7 Å². The van der Waals surface area contributed by atoms with Gasteiger partial charge in [0.05, 0.1) is 13.4 Å². The van der Waals surface area contributed by atoms with Crippen molar-refractivity contribution in [2.24, 2.45) is 0 Å². The van der Waals surface area contributed by atoms with E-state index in [0.717, 1.165) is 36.2 Å². The van der Waals surface area contributed by atoms with E-state index in [2.05, 4.69) is 65.4 Å². The number of fused-ring (bicyclic) bond motifs is 1. The second kappa shape index (κ2) is 12.3. The average Bonchev–Trinajstić information content (AvgIpc) is 3.31. The lowest BCUT2D eigenvalue weighted by Crippen LogP contribution is -2.12. The van der Waals surface area contributed by atoms with Gasteiger partial charge in [-0.3, -0.25) is 0 Å². The molecule has 0 saturated heterocycles. The smallest absolute Gasteiger partial charge is 0.343 e. The Labute approximate surface area is 205 Å². The van der Waals surface area contributed by atoms with E-state index < -0.39 is 5.97 Å². The molecule has 0 aliphatic rings. The lowest BCUT2D eigenvalue weighted by atomic mass is 9.89. The Hall–Kier alpha value is -3.18. The van der Waals surface area contributed by atoms with Gasteiger partial charge >= 0.3 is 5.97 Å². The molecule has 5 heteroatoms. The van der Waals surface area contributed by atoms with Crippen LogP contribution in [0.2, 0.25) is 0 Å². The van der Waals surface area contributed by atoms with Gasteiger partial charge in [0.15, 0.2) is 17.9 Å². The first kappa shape index (κ1) is 24.0. The van der Waals surface area contributed by atoms with Crippen LogP contribution in [0.15, 0.2) is 89.5 Å². The molecule has 0 aliphatic carbocycles. The highest BCUT2D eigenvalue weighted by molar-refractivity contribution is 7.99. The zero-order valence-corrected chi connectivity index (χ0v) is 20.3. The maximum Gasteiger partial charge on any atom is 0.343 e. The van der Waals surface area contributed by atoms with Crippen molar-refractivity contribution >= 4 is 28.7 Å². The first-order valence-electron chi connectivity index (χ1n) is 11.6. The zero-order chi connectivity index (χ0) is 23.6. The van der Waals surface area contributed by atoms with Crippen LogP contribution in [0.4, 0.5) is 0 Å². The van der Waals surface area contributed by atoms with E-state index in [0.29, 0.717) is 17.3 Å². The summed E-state index contributed by atoms with van der Waals surface area (Å²) >= 11 is 2.01. The van der Waals surface area contributed by atoms with Crippen molar-refractivity contribution in [3.63, 3.8) is 0 Å². The van der Waals surface area contributed by atoms with Crippen LogP contribution in [0, 0.1) is 0 Å². The number of methoxy groups -OCH3 is 1. The van der Waals surface area contributed by atoms with Crippen LogP contribution in [0.5, 0.6) is 5.75 Å². The third-order valence-electron chi connectivity index (χ3n) is 5.91. The molecule has 1 heterocycles. The summed E-state index contributed by atoms with van der Waals surface area (Å²) < 4.78 is 16.0. The molecule has 176 valence electrons. The summed E-state index contributed by atoms with van der Waals surface area (Å²) in [7, 11) is 1.35. The lowest BCUT2D eigenvalue weighted by Gasteiger charge is -2.18. The van der Waals surface area contributed by atoms with Crippen molar-refractivity contribution < 1.29 is 18.7 Å². The van der Waals surface area contributed by atoms with Gasteiger partial charge in [0.25, 0.3) is 0 Å². The number of benzene rings is 3. The van der Waals surface area contributed by atoms with Gasteiger partial charge in [-0.2, -0.15) is 11.8 Å². The molecule has 3 aromatic carbocycles. The fourth-order valence-electron chi connectivity index (χ4n) is 4.15. The monoisotopic (exact) mass is 474 g/mol. The molecule has 0 N–H and O–H groups in total. The molecule has 0 spiro atoms. The fraction of sp³-hybridized carbons (Fsp3) is 0.276. The third-order valence-corrected chi connectivity index (χ3v) is 7.01. The number of aryl methyl sites for hydroxylation is 1. The lowest BCUT2D eigenvalue weighted by molar-refractivity contribution is -0.142. The van der Waals surface area contributed by atoms with Gasteiger partial charge in [-0.05, 0) is 53.5 Å². The predicted molar refractivity (Wildman–Crippen MR) is 139 cm³/mol. The second-order valence-electron chi connectivity index (χ2n) is 8.14. The number of furan rings is 1. The van der Waals surface area contributed by atoms with Gasteiger partial charge in [-0.25, -0.2) is 4.79 Å². The highest BCUT2D eigenvalue weighted by Gasteiger charge is 2.14. The first-order valence-corrected chi connectivity index (χ1v) is 12.8. The summed E-state index contributed by atoms with van der Waals surface area (Å²) in [6.07, 6.45) is 4.95. The van der Waals surface area contributed by atoms with E-state index in [1.165, 1.54) is 23.8 Å². The number of carbonyl (C=O) groups excluding carboxylic acids is 1. The average molecular weight is 475 g/mol. The Morgan fingerprint density at radius 1 is 0.912 bits per heavy atom. The molecule has 0 unspecified atom stereocenters. The molecule has 0 atom stereocenters. The molecule has 1 aromatic heterocycles. The van der Waals surface area contributed by atoms with Crippen LogP contribution in [0.1, 0.15) is 35.4 Å². The minimum Gasteiger partial charge on any atom is -0.478 e. The van der Waals surface area contributed by atoms with Gasteiger partial charge in [0.1, 0.15) is 0 Å². The highest BCUT2D eigenvalue weighted by atomic mass is 32.2. The van der Waals surface area contributed by atoms with Crippen LogP contribution in [-0.4, -0.2) is 31.2 Å². The van der Waals surface area contributed by atoms with Gasteiger partial charge in [0, 0.05) is 11.3 Å². The van der Waals surface area contributed by atoms with Crippen molar-refractivity contribution in [1.29, 1.82) is 0 Å². The quantitative estimate of drug-likeness (QED) is 0.166. The van der Waals surface area contributed by atoms with Gasteiger partial charge in [0.2, 0.25) is 0 Å². The summed E-state index contributed by atoms with van der Waals surface area (Å²) in [6, 6.07) is 27.4. The van der Waals surface area contributed by atoms with Crippen molar-refractivity contribution in [2.45, 2.75) is 25.2 Å². The fourth-order valence-corrected chi connectivity index (χ4v) is 5.11. The van der Waals surface area contributed by atoms with Crippen LogP contribution in [0.25, 0.3) is 11.0 Å². The number of hydrogen-bond acceptors (Lipinski definition) is 5. The minimum atomic E-state index is -0.414. The second-order valence-corrected chi connectivity index (χ2v) is 9.36. The van der Waals surface area contributed by atoms with Crippen molar-refractivity contribution in [3.8, 4) is 5.75 Å². The molecule has 4 aromatic rings. The molecule has 0 fully saturated rings. The maximum absolute atomic E-state index is 11.4. The SMILES string of the molecule is COC(=O)COc1cccc2c(CCCSCCC(c3ccccc3)c3ccccc3)coc12. The van der Waals surface area contributed by atoms with Crippen LogP contribution in [0.3, 0.4) is 0 Å². The summed E-state index contributed by atoms with van der Waals surface area (Å²) in [6.45, 7) is -0.130. The number of para-hydroxylation sites is 1. The Bertz CT molecular complexity index is 1130. The molecule has 0 bridgehead atoms. The molecule has 0 amide bonds. The Kier molecular flexibility index (Phi) is 8.69. The highest BCUT2D eigenvalue weighted by Crippen LogP contribution is 2.32. The molecule has 4 rings (SSSR count). The van der Waals surface area contributed by atoms with Crippen LogP contribution >= 0.6 is 11.8 Å². The van der Waals surface area contributed by atoms with Crippen molar-refractivity contribution in [1.82, 2.24) is 0 Å². The third kappa shape index (κ3) is 6.23. The first-order chi connectivity index (χ1) is 16.8. The van der Waals surface area contributed by atoms with E-state index in [-0.39, 0.29) is 6.61 Å². The number of rotatable bonds is 12. The van der Waals surface area contributed by atoms with E-state index in [1.54, 1.807) is 6.26 Å². The molecule has 4 nitrogen and oxygen atoms in total. The van der Waals surface area contributed by atoms with E-state index in [1.807, 2.05) is 30.0 Å². The van der Waals surface area contributed by atoms with E-state index >= 15 is 0 Å². The minimum absolute atomic E-state index is 0.130. The Morgan fingerprint density at radius 2 is 1.62 bits per heavy atom. The molecular formula is C29H30O4S. The van der Waals surface area contributed by atoms with Gasteiger partial charge in [-0.15, -0.1) is 0 Å². The summed E-state index contributed by atoms with van der Waals surface area (Å²) in [5.41, 5.74) is 4.61. The Balaban J connectivity index is 1.28. The van der Waals surface area contributed by atoms with Gasteiger partial charge < -0.3 is 13.9 Å². The number of thioether (sulfide) groups is 1. The van der Waals surface area contributed by atoms with E-state index in [4.69, 9.17) is 9.15 Å². The number of esters is 1. The normalized spacial score (nSPS) is 11.1. The summed E-state index contributed by atoms with van der Waals surface area (Å²) in [5, 5.41) is 1.04. The number of hydrogen-bond donors (Lipinski definition) is 0. The van der Waals surface area contributed by atoms with Crippen molar-refractivity contribution in [3.05, 3.63) is 102 Å². The molecule has 0 radical (unpaired) electrons. The predicted octanol–water partition coefficient (Wildman–Crippen LogP) is 6.87.